The lowest BCUT2D eigenvalue weighted by Gasteiger charge is -2.18. The average Bonchev–Trinajstić information content (AvgIpc) is 2.94. The largest absolute Gasteiger partial charge is 0.447 e. The lowest BCUT2D eigenvalue weighted by atomic mass is 10.1. The van der Waals surface area contributed by atoms with Crippen LogP contribution < -0.4 is 10.1 Å². The Morgan fingerprint density at radius 1 is 1.25 bits per heavy atom. The molecule has 24 heavy (non-hydrogen) atoms. The van der Waals surface area contributed by atoms with Crippen molar-refractivity contribution in [2.45, 2.75) is 25.2 Å². The van der Waals surface area contributed by atoms with E-state index in [4.69, 9.17) is 4.74 Å². The second-order valence-electron chi connectivity index (χ2n) is 5.34. The Bertz CT molecular complexity index is 881. The molecule has 0 spiro atoms. The normalized spacial score (nSPS) is 15.7. The number of anilines is 1. The molecule has 1 aliphatic rings. The van der Waals surface area contributed by atoms with Crippen molar-refractivity contribution in [3.8, 4) is 17.1 Å². The fourth-order valence-electron chi connectivity index (χ4n) is 2.61. The van der Waals surface area contributed by atoms with E-state index in [9.17, 15) is 0 Å². The third-order valence-corrected chi connectivity index (χ3v) is 5.53. The van der Waals surface area contributed by atoms with Crippen molar-refractivity contribution in [2.24, 2.45) is 0 Å². The third-order valence-electron chi connectivity index (χ3n) is 3.75. The maximum atomic E-state index is 6.22. The molecule has 0 saturated heterocycles. The van der Waals surface area contributed by atoms with Gasteiger partial charge in [0.15, 0.2) is 5.69 Å². The summed E-state index contributed by atoms with van der Waals surface area (Å²) in [4.78, 5) is 5.72. The molecule has 2 aromatic heterocycles. The Morgan fingerprint density at radius 2 is 2.12 bits per heavy atom. The monoisotopic (exact) mass is 356 g/mol. The van der Waals surface area contributed by atoms with Crippen LogP contribution in [-0.4, -0.2) is 20.9 Å². The van der Waals surface area contributed by atoms with Crippen LogP contribution in [0, 0.1) is 6.92 Å². The Labute approximate surface area is 148 Å². The fraction of sp³-hybridized carbons (Fsp3) is 0.235. The Morgan fingerprint density at radius 3 is 2.92 bits per heavy atom. The molecule has 1 N–H and O–H groups in total. The van der Waals surface area contributed by atoms with E-state index in [0.29, 0.717) is 16.7 Å². The number of hydrogen-bond acceptors (Lipinski definition) is 7. The van der Waals surface area contributed by atoms with Crippen LogP contribution in [0.3, 0.4) is 0 Å². The Balaban J connectivity index is 1.85. The van der Waals surface area contributed by atoms with Crippen LogP contribution in [-0.2, 0) is 0 Å². The minimum atomic E-state index is -0.288. The van der Waals surface area contributed by atoms with Crippen molar-refractivity contribution >= 4 is 28.8 Å². The molecule has 4 rings (SSSR count). The number of fused-ring (bicyclic) bond motifs is 3. The van der Waals surface area contributed by atoms with Gasteiger partial charge < -0.3 is 10.1 Å². The molecule has 7 heteroatoms. The van der Waals surface area contributed by atoms with Crippen LogP contribution in [0.25, 0.3) is 11.3 Å². The summed E-state index contributed by atoms with van der Waals surface area (Å²) in [5.74, 6) is 1.42. The molecule has 1 aromatic carbocycles. The van der Waals surface area contributed by atoms with E-state index in [1.165, 1.54) is 5.56 Å². The number of thioether (sulfide) groups is 1. The second-order valence-corrected chi connectivity index (χ2v) is 7.52. The van der Waals surface area contributed by atoms with E-state index in [2.05, 4.69) is 45.8 Å². The molecule has 5 nitrogen and oxygen atoms in total. The minimum Gasteiger partial charge on any atom is -0.447 e. The molecule has 0 saturated carbocycles. The number of nitrogens with zero attached hydrogens (tertiary/aromatic N) is 3. The molecule has 0 bridgehead atoms. The number of thiophene rings is 1. The molecule has 3 aromatic rings. The Hall–Kier alpha value is -2.12. The van der Waals surface area contributed by atoms with E-state index >= 15 is 0 Å². The van der Waals surface area contributed by atoms with Crippen molar-refractivity contribution in [3.63, 3.8) is 0 Å². The molecule has 0 aliphatic carbocycles. The molecule has 0 fully saturated rings. The van der Waals surface area contributed by atoms with Gasteiger partial charge in [0, 0.05) is 11.3 Å². The third kappa shape index (κ3) is 2.74. The highest BCUT2D eigenvalue weighted by atomic mass is 32.2. The lowest BCUT2D eigenvalue weighted by molar-refractivity contribution is 0.228. The van der Waals surface area contributed by atoms with Crippen LogP contribution >= 0.6 is 23.1 Å². The predicted molar refractivity (Wildman–Crippen MR) is 97.7 cm³/mol. The second kappa shape index (κ2) is 6.41. The minimum absolute atomic E-state index is 0.288. The maximum absolute atomic E-state index is 6.22. The average molecular weight is 356 g/mol. The van der Waals surface area contributed by atoms with Gasteiger partial charge in [-0.3, -0.25) is 0 Å². The number of nitrogens with one attached hydrogen (secondary N) is 1. The zero-order chi connectivity index (χ0) is 16.5. The number of hydrogen-bond donors (Lipinski definition) is 1. The predicted octanol–water partition coefficient (Wildman–Crippen LogP) is 4.52. The van der Waals surface area contributed by atoms with Crippen LogP contribution in [0.15, 0.2) is 40.9 Å². The van der Waals surface area contributed by atoms with Crippen molar-refractivity contribution in [1.29, 1.82) is 0 Å². The number of aromatic nitrogens is 3. The first-order valence-corrected chi connectivity index (χ1v) is 9.57. The van der Waals surface area contributed by atoms with Gasteiger partial charge in [0.25, 0.3) is 0 Å². The highest BCUT2D eigenvalue weighted by molar-refractivity contribution is 7.99. The van der Waals surface area contributed by atoms with E-state index in [1.807, 2.05) is 24.3 Å². The van der Waals surface area contributed by atoms with Gasteiger partial charge >= 0.3 is 0 Å². The quantitative estimate of drug-likeness (QED) is 0.696. The summed E-state index contributed by atoms with van der Waals surface area (Å²) in [5.41, 5.74) is 3.80. The van der Waals surface area contributed by atoms with Crippen LogP contribution in [0.2, 0.25) is 0 Å². The number of para-hydroxylation sites is 1. The van der Waals surface area contributed by atoms with Crippen molar-refractivity contribution < 1.29 is 4.74 Å². The zero-order valence-electron chi connectivity index (χ0n) is 13.3. The molecule has 0 amide bonds. The molecule has 1 atom stereocenters. The lowest BCUT2D eigenvalue weighted by Crippen LogP contribution is -2.16. The summed E-state index contributed by atoms with van der Waals surface area (Å²) in [6, 6.07) is 10.1. The summed E-state index contributed by atoms with van der Waals surface area (Å²) in [7, 11) is 0. The van der Waals surface area contributed by atoms with E-state index < -0.39 is 0 Å². The Kier molecular flexibility index (Phi) is 4.12. The van der Waals surface area contributed by atoms with E-state index in [-0.39, 0.29) is 6.23 Å². The van der Waals surface area contributed by atoms with Crippen LogP contribution in [0.5, 0.6) is 5.88 Å². The van der Waals surface area contributed by atoms with Gasteiger partial charge in [0.2, 0.25) is 17.3 Å². The van der Waals surface area contributed by atoms with E-state index in [1.54, 1.807) is 23.1 Å². The van der Waals surface area contributed by atoms with Gasteiger partial charge in [-0.2, -0.15) is 4.98 Å². The van der Waals surface area contributed by atoms with E-state index in [0.717, 1.165) is 21.9 Å². The zero-order valence-corrected chi connectivity index (χ0v) is 14.9. The van der Waals surface area contributed by atoms with Gasteiger partial charge in [-0.25, -0.2) is 0 Å². The summed E-state index contributed by atoms with van der Waals surface area (Å²) in [6.07, 6.45) is -0.288. The SMILES string of the molecule is CCSc1nnc2c(n1)O[C@H](c1sccc1C)Nc1ccccc1-2. The first-order chi connectivity index (χ1) is 11.8. The number of ether oxygens (including phenoxy) is 1. The van der Waals surface area contributed by atoms with Gasteiger partial charge in [0.1, 0.15) is 0 Å². The van der Waals surface area contributed by atoms with Crippen molar-refractivity contribution in [3.05, 3.63) is 46.2 Å². The summed E-state index contributed by atoms with van der Waals surface area (Å²) in [5, 5.41) is 14.8. The number of aryl methyl sites for hydroxylation is 1. The van der Waals surface area contributed by atoms with Gasteiger partial charge in [-0.1, -0.05) is 36.9 Å². The van der Waals surface area contributed by atoms with Gasteiger partial charge in [0.05, 0.1) is 4.88 Å². The molecular formula is C17H16N4OS2. The maximum Gasteiger partial charge on any atom is 0.247 e. The molecule has 1 aliphatic heterocycles. The van der Waals surface area contributed by atoms with Crippen LogP contribution in [0.1, 0.15) is 23.6 Å². The highest BCUT2D eigenvalue weighted by Gasteiger charge is 2.27. The van der Waals surface area contributed by atoms with Crippen molar-refractivity contribution in [1.82, 2.24) is 15.2 Å². The van der Waals surface area contributed by atoms with Gasteiger partial charge in [-0.05, 0) is 35.8 Å². The molecule has 3 heterocycles. The standard InChI is InChI=1S/C17H16N4OS2/c1-3-23-17-19-15-13(20-21-17)11-6-4-5-7-12(11)18-16(22-15)14-10(2)8-9-24-14/h4-9,16,18H,3H2,1-2H3/t16-/m1/s1. The molecule has 0 radical (unpaired) electrons. The number of rotatable bonds is 3. The molecule has 0 unspecified atom stereocenters. The van der Waals surface area contributed by atoms with Crippen LogP contribution in [0.4, 0.5) is 5.69 Å². The summed E-state index contributed by atoms with van der Waals surface area (Å²) in [6.45, 7) is 4.15. The first kappa shape index (κ1) is 15.4. The summed E-state index contributed by atoms with van der Waals surface area (Å²) >= 11 is 3.23. The smallest absolute Gasteiger partial charge is 0.247 e. The summed E-state index contributed by atoms with van der Waals surface area (Å²) < 4.78 is 6.22. The topological polar surface area (TPSA) is 59.9 Å². The van der Waals surface area contributed by atoms with Crippen molar-refractivity contribution in [2.75, 3.05) is 11.1 Å². The molecular weight excluding hydrogens is 340 g/mol. The highest BCUT2D eigenvalue weighted by Crippen LogP contribution is 2.40. The fourth-order valence-corrected chi connectivity index (χ4v) is 4.02. The molecule has 122 valence electrons. The van der Waals surface area contributed by atoms with Gasteiger partial charge in [-0.15, -0.1) is 21.5 Å². The number of benzene rings is 1. The first-order valence-electron chi connectivity index (χ1n) is 7.70.